The standard InChI is InChI=1S/C15H22ClN3O/c1-10(2)19-6-4-12(5-7-19)18-15(20)13-9-17-11(3)8-14(13)16/h8-10,12H,4-7H2,1-3H3,(H,18,20). The molecular weight excluding hydrogens is 274 g/mol. The molecule has 1 aliphatic heterocycles. The first-order valence-electron chi connectivity index (χ1n) is 7.14. The molecule has 0 aromatic carbocycles. The molecule has 0 atom stereocenters. The second-order valence-corrected chi connectivity index (χ2v) is 6.09. The third-order valence-corrected chi connectivity index (χ3v) is 4.14. The van der Waals surface area contributed by atoms with Crippen molar-refractivity contribution in [2.75, 3.05) is 13.1 Å². The van der Waals surface area contributed by atoms with Crippen molar-refractivity contribution >= 4 is 17.5 Å². The monoisotopic (exact) mass is 295 g/mol. The fourth-order valence-corrected chi connectivity index (χ4v) is 2.81. The number of nitrogens with zero attached hydrogens (tertiary/aromatic N) is 2. The largest absolute Gasteiger partial charge is 0.349 e. The van der Waals surface area contributed by atoms with Gasteiger partial charge in [-0.3, -0.25) is 9.78 Å². The highest BCUT2D eigenvalue weighted by Gasteiger charge is 2.23. The number of nitrogens with one attached hydrogen (secondary N) is 1. The molecule has 1 saturated heterocycles. The average Bonchev–Trinajstić information content (AvgIpc) is 2.39. The van der Waals surface area contributed by atoms with Crippen LogP contribution in [0.5, 0.6) is 0 Å². The van der Waals surface area contributed by atoms with E-state index in [0.29, 0.717) is 16.6 Å². The number of halogens is 1. The van der Waals surface area contributed by atoms with Gasteiger partial charge in [0.25, 0.3) is 5.91 Å². The number of hydrogen-bond acceptors (Lipinski definition) is 3. The smallest absolute Gasteiger partial charge is 0.254 e. The van der Waals surface area contributed by atoms with E-state index in [0.717, 1.165) is 31.6 Å². The summed E-state index contributed by atoms with van der Waals surface area (Å²) in [5.74, 6) is -0.120. The number of carbonyl (C=O) groups is 1. The van der Waals surface area contributed by atoms with Crippen LogP contribution < -0.4 is 5.32 Å². The average molecular weight is 296 g/mol. The van der Waals surface area contributed by atoms with E-state index in [1.165, 1.54) is 0 Å². The number of aryl methyl sites for hydroxylation is 1. The number of rotatable bonds is 3. The summed E-state index contributed by atoms with van der Waals surface area (Å²) in [4.78, 5) is 18.8. The van der Waals surface area contributed by atoms with Gasteiger partial charge in [0.05, 0.1) is 10.6 Å². The van der Waals surface area contributed by atoms with Gasteiger partial charge in [0.2, 0.25) is 0 Å². The lowest BCUT2D eigenvalue weighted by Crippen LogP contribution is -2.46. The molecule has 0 saturated carbocycles. The Morgan fingerprint density at radius 1 is 1.45 bits per heavy atom. The summed E-state index contributed by atoms with van der Waals surface area (Å²) in [7, 11) is 0. The van der Waals surface area contributed by atoms with Gasteiger partial charge in [-0.1, -0.05) is 11.6 Å². The zero-order chi connectivity index (χ0) is 14.7. The van der Waals surface area contributed by atoms with Crippen LogP contribution in [0.25, 0.3) is 0 Å². The summed E-state index contributed by atoms with van der Waals surface area (Å²) in [6, 6.07) is 2.52. The molecule has 1 aromatic rings. The number of likely N-dealkylation sites (tertiary alicyclic amines) is 1. The van der Waals surface area contributed by atoms with Crippen LogP contribution in [0.4, 0.5) is 0 Å². The molecular formula is C15H22ClN3O. The van der Waals surface area contributed by atoms with Crippen LogP contribution >= 0.6 is 11.6 Å². The van der Waals surface area contributed by atoms with Crippen LogP contribution in [0.2, 0.25) is 5.02 Å². The second-order valence-electron chi connectivity index (χ2n) is 5.68. The first-order chi connectivity index (χ1) is 9.47. The number of pyridine rings is 1. The molecule has 1 aromatic heterocycles. The molecule has 1 N–H and O–H groups in total. The maximum atomic E-state index is 12.2. The van der Waals surface area contributed by atoms with Crippen LogP contribution in [0.3, 0.4) is 0 Å². The van der Waals surface area contributed by atoms with Gasteiger partial charge in [0.1, 0.15) is 0 Å². The minimum atomic E-state index is -0.120. The Balaban J connectivity index is 1.92. The lowest BCUT2D eigenvalue weighted by atomic mass is 10.0. The van der Waals surface area contributed by atoms with E-state index < -0.39 is 0 Å². The summed E-state index contributed by atoms with van der Waals surface area (Å²) in [6.45, 7) is 8.33. The predicted molar refractivity (Wildman–Crippen MR) is 81.2 cm³/mol. The van der Waals surface area contributed by atoms with Crippen LogP contribution in [-0.4, -0.2) is 41.0 Å². The van der Waals surface area contributed by atoms with Crippen LogP contribution in [0, 0.1) is 6.92 Å². The highest BCUT2D eigenvalue weighted by Crippen LogP contribution is 2.17. The zero-order valence-corrected chi connectivity index (χ0v) is 13.1. The summed E-state index contributed by atoms with van der Waals surface area (Å²) in [6.07, 6.45) is 3.53. The van der Waals surface area contributed by atoms with E-state index >= 15 is 0 Å². The van der Waals surface area contributed by atoms with Crippen LogP contribution in [-0.2, 0) is 0 Å². The molecule has 110 valence electrons. The van der Waals surface area contributed by atoms with Crippen molar-refractivity contribution in [1.82, 2.24) is 15.2 Å². The summed E-state index contributed by atoms with van der Waals surface area (Å²) in [5.41, 5.74) is 1.28. The summed E-state index contributed by atoms with van der Waals surface area (Å²) < 4.78 is 0. The molecule has 5 heteroatoms. The maximum absolute atomic E-state index is 12.2. The normalized spacial score (nSPS) is 17.4. The van der Waals surface area contributed by atoms with Gasteiger partial charge in [0.15, 0.2) is 0 Å². The molecule has 0 radical (unpaired) electrons. The van der Waals surface area contributed by atoms with E-state index in [2.05, 4.69) is 29.0 Å². The van der Waals surface area contributed by atoms with Crippen LogP contribution in [0.15, 0.2) is 12.3 Å². The van der Waals surface area contributed by atoms with Crippen molar-refractivity contribution in [3.63, 3.8) is 0 Å². The maximum Gasteiger partial charge on any atom is 0.254 e. The SMILES string of the molecule is Cc1cc(Cl)c(C(=O)NC2CCN(C(C)C)CC2)cn1. The summed E-state index contributed by atoms with van der Waals surface area (Å²) >= 11 is 6.10. The van der Waals surface area contributed by atoms with Crippen LogP contribution in [0.1, 0.15) is 42.7 Å². The van der Waals surface area contributed by atoms with E-state index in [-0.39, 0.29) is 11.9 Å². The Morgan fingerprint density at radius 3 is 2.65 bits per heavy atom. The quantitative estimate of drug-likeness (QED) is 0.932. The lowest BCUT2D eigenvalue weighted by molar-refractivity contribution is 0.0900. The van der Waals surface area contributed by atoms with Crippen molar-refractivity contribution < 1.29 is 4.79 Å². The highest BCUT2D eigenvalue weighted by molar-refractivity contribution is 6.33. The fourth-order valence-electron chi connectivity index (χ4n) is 2.52. The van der Waals surface area contributed by atoms with Crippen molar-refractivity contribution in [2.45, 2.75) is 45.7 Å². The van der Waals surface area contributed by atoms with E-state index in [4.69, 9.17) is 11.6 Å². The van der Waals surface area contributed by atoms with E-state index in [9.17, 15) is 4.79 Å². The molecule has 4 nitrogen and oxygen atoms in total. The molecule has 1 fully saturated rings. The molecule has 0 spiro atoms. The molecule has 0 bridgehead atoms. The van der Waals surface area contributed by atoms with Crippen molar-refractivity contribution in [2.24, 2.45) is 0 Å². The number of aromatic nitrogens is 1. The van der Waals surface area contributed by atoms with E-state index in [1.54, 1.807) is 12.3 Å². The first kappa shape index (κ1) is 15.3. The highest BCUT2D eigenvalue weighted by atomic mass is 35.5. The van der Waals surface area contributed by atoms with Gasteiger partial charge < -0.3 is 10.2 Å². The molecule has 1 aliphatic rings. The van der Waals surface area contributed by atoms with Gasteiger partial charge in [0, 0.05) is 37.1 Å². The van der Waals surface area contributed by atoms with Crippen molar-refractivity contribution in [1.29, 1.82) is 0 Å². The molecule has 0 aliphatic carbocycles. The Morgan fingerprint density at radius 2 is 2.10 bits per heavy atom. The third-order valence-electron chi connectivity index (χ3n) is 3.83. The van der Waals surface area contributed by atoms with Gasteiger partial charge in [-0.2, -0.15) is 0 Å². The lowest BCUT2D eigenvalue weighted by Gasteiger charge is -2.34. The Labute approximate surface area is 125 Å². The van der Waals surface area contributed by atoms with Gasteiger partial charge in [-0.05, 0) is 39.7 Å². The number of hydrogen-bond donors (Lipinski definition) is 1. The Kier molecular flexibility index (Phi) is 5.00. The fraction of sp³-hybridized carbons (Fsp3) is 0.600. The third kappa shape index (κ3) is 3.70. The number of piperidine rings is 1. The molecule has 2 heterocycles. The number of amides is 1. The molecule has 2 rings (SSSR count). The Hall–Kier alpha value is -1.13. The predicted octanol–water partition coefficient (Wildman–Crippen LogP) is 2.65. The second kappa shape index (κ2) is 6.55. The number of carbonyl (C=O) groups excluding carboxylic acids is 1. The van der Waals surface area contributed by atoms with Crippen molar-refractivity contribution in [3.05, 3.63) is 28.5 Å². The minimum absolute atomic E-state index is 0.120. The van der Waals surface area contributed by atoms with Gasteiger partial charge in [-0.15, -0.1) is 0 Å². The van der Waals surface area contributed by atoms with Crippen molar-refractivity contribution in [3.8, 4) is 0 Å². The molecule has 20 heavy (non-hydrogen) atoms. The first-order valence-corrected chi connectivity index (χ1v) is 7.52. The molecule has 0 unspecified atom stereocenters. The molecule has 1 amide bonds. The minimum Gasteiger partial charge on any atom is -0.349 e. The van der Waals surface area contributed by atoms with E-state index in [1.807, 2.05) is 6.92 Å². The summed E-state index contributed by atoms with van der Waals surface area (Å²) in [5, 5.41) is 3.53. The topological polar surface area (TPSA) is 45.2 Å². The van der Waals surface area contributed by atoms with Gasteiger partial charge >= 0.3 is 0 Å². The Bertz CT molecular complexity index is 482. The van der Waals surface area contributed by atoms with Gasteiger partial charge in [-0.25, -0.2) is 0 Å². The zero-order valence-electron chi connectivity index (χ0n) is 12.3.